The second-order valence-corrected chi connectivity index (χ2v) is 4.90. The normalized spacial score (nSPS) is 20.7. The standard InChI is InChI=1S/C12H20N2O3/c1-8-11(9(2)17-14-8)5-13-10-6-15-12(3,4)16-7-10/h10,13H,5-7H2,1-4H3. The lowest BCUT2D eigenvalue weighted by Gasteiger charge is -2.35. The van der Waals surface area contributed by atoms with Gasteiger partial charge < -0.3 is 19.3 Å². The van der Waals surface area contributed by atoms with Gasteiger partial charge in [0.25, 0.3) is 0 Å². The molecule has 0 saturated carbocycles. The van der Waals surface area contributed by atoms with Gasteiger partial charge in [0, 0.05) is 12.1 Å². The van der Waals surface area contributed by atoms with Gasteiger partial charge in [0.15, 0.2) is 5.79 Å². The van der Waals surface area contributed by atoms with Gasteiger partial charge in [0.05, 0.1) is 24.9 Å². The predicted molar refractivity (Wildman–Crippen MR) is 62.6 cm³/mol. The molecule has 1 saturated heterocycles. The summed E-state index contributed by atoms with van der Waals surface area (Å²) in [6.07, 6.45) is 0. The average molecular weight is 240 g/mol. The predicted octanol–water partition coefficient (Wildman–Crippen LogP) is 1.53. The van der Waals surface area contributed by atoms with Crippen molar-refractivity contribution in [3.63, 3.8) is 0 Å². The third kappa shape index (κ3) is 3.06. The lowest BCUT2D eigenvalue weighted by atomic mass is 10.2. The summed E-state index contributed by atoms with van der Waals surface area (Å²) < 4.78 is 16.3. The highest BCUT2D eigenvalue weighted by molar-refractivity contribution is 5.20. The molecule has 0 amide bonds. The van der Waals surface area contributed by atoms with Crippen molar-refractivity contribution in [2.75, 3.05) is 13.2 Å². The number of nitrogens with zero attached hydrogens (tertiary/aromatic N) is 1. The van der Waals surface area contributed by atoms with Gasteiger partial charge in [-0.1, -0.05) is 5.16 Å². The van der Waals surface area contributed by atoms with Crippen LogP contribution in [0.5, 0.6) is 0 Å². The Morgan fingerprint density at radius 1 is 1.29 bits per heavy atom. The van der Waals surface area contributed by atoms with Crippen molar-refractivity contribution in [3.8, 4) is 0 Å². The SMILES string of the molecule is Cc1noc(C)c1CNC1COC(C)(C)OC1. The molecular formula is C12H20N2O3. The Balaban J connectivity index is 1.84. The van der Waals surface area contributed by atoms with Crippen LogP contribution < -0.4 is 5.32 Å². The molecule has 0 unspecified atom stereocenters. The van der Waals surface area contributed by atoms with Crippen LogP contribution in [0.2, 0.25) is 0 Å². The molecule has 1 aromatic heterocycles. The molecule has 0 spiro atoms. The second kappa shape index (κ2) is 4.76. The highest BCUT2D eigenvalue weighted by Crippen LogP contribution is 2.18. The van der Waals surface area contributed by atoms with E-state index in [1.54, 1.807) is 0 Å². The summed E-state index contributed by atoms with van der Waals surface area (Å²) in [5.41, 5.74) is 2.06. The first kappa shape index (κ1) is 12.5. The van der Waals surface area contributed by atoms with E-state index in [4.69, 9.17) is 14.0 Å². The van der Waals surface area contributed by atoms with Crippen molar-refractivity contribution in [1.82, 2.24) is 10.5 Å². The summed E-state index contributed by atoms with van der Waals surface area (Å²) in [5, 5.41) is 7.32. The Morgan fingerprint density at radius 3 is 2.47 bits per heavy atom. The molecule has 2 rings (SSSR count). The molecule has 1 aliphatic rings. The Hall–Kier alpha value is -0.910. The first-order valence-electron chi connectivity index (χ1n) is 5.91. The minimum atomic E-state index is -0.457. The van der Waals surface area contributed by atoms with Crippen LogP contribution in [0.15, 0.2) is 4.52 Å². The molecule has 0 aliphatic carbocycles. The Morgan fingerprint density at radius 2 is 1.94 bits per heavy atom. The van der Waals surface area contributed by atoms with Crippen LogP contribution in [0.4, 0.5) is 0 Å². The van der Waals surface area contributed by atoms with E-state index >= 15 is 0 Å². The molecule has 96 valence electrons. The number of ether oxygens (including phenoxy) is 2. The fraction of sp³-hybridized carbons (Fsp3) is 0.750. The highest BCUT2D eigenvalue weighted by Gasteiger charge is 2.28. The molecule has 1 fully saturated rings. The monoisotopic (exact) mass is 240 g/mol. The minimum absolute atomic E-state index is 0.219. The van der Waals surface area contributed by atoms with Gasteiger partial charge in [0.2, 0.25) is 0 Å². The number of rotatable bonds is 3. The number of aryl methyl sites for hydroxylation is 2. The zero-order valence-electron chi connectivity index (χ0n) is 10.9. The van der Waals surface area contributed by atoms with Crippen molar-refractivity contribution in [2.45, 2.75) is 46.1 Å². The van der Waals surface area contributed by atoms with Crippen LogP contribution in [0, 0.1) is 13.8 Å². The Bertz CT molecular complexity index is 358. The van der Waals surface area contributed by atoms with Crippen LogP contribution in [0.1, 0.15) is 30.9 Å². The highest BCUT2D eigenvalue weighted by atomic mass is 16.7. The van der Waals surface area contributed by atoms with E-state index in [0.717, 1.165) is 23.6 Å². The third-order valence-electron chi connectivity index (χ3n) is 3.01. The fourth-order valence-electron chi connectivity index (χ4n) is 1.81. The summed E-state index contributed by atoms with van der Waals surface area (Å²) >= 11 is 0. The van der Waals surface area contributed by atoms with Crippen molar-refractivity contribution >= 4 is 0 Å². The second-order valence-electron chi connectivity index (χ2n) is 4.90. The largest absolute Gasteiger partial charge is 0.361 e. The molecule has 0 aromatic carbocycles. The van der Waals surface area contributed by atoms with Crippen LogP contribution >= 0.6 is 0 Å². The minimum Gasteiger partial charge on any atom is -0.361 e. The summed E-state index contributed by atoms with van der Waals surface area (Å²) in [7, 11) is 0. The molecular weight excluding hydrogens is 220 g/mol. The van der Waals surface area contributed by atoms with Gasteiger partial charge in [-0.25, -0.2) is 0 Å². The number of nitrogens with one attached hydrogen (secondary N) is 1. The quantitative estimate of drug-likeness (QED) is 0.868. The molecule has 2 heterocycles. The summed E-state index contributed by atoms with van der Waals surface area (Å²) in [4.78, 5) is 0. The molecule has 1 aromatic rings. The van der Waals surface area contributed by atoms with Gasteiger partial charge in [0.1, 0.15) is 5.76 Å². The number of hydrogen-bond donors (Lipinski definition) is 1. The lowest BCUT2D eigenvalue weighted by Crippen LogP contribution is -2.48. The van der Waals surface area contributed by atoms with Crippen LogP contribution in [-0.2, 0) is 16.0 Å². The molecule has 5 nitrogen and oxygen atoms in total. The Labute approximate surface area is 101 Å². The van der Waals surface area contributed by atoms with E-state index in [0.29, 0.717) is 13.2 Å². The topological polar surface area (TPSA) is 56.5 Å². The van der Waals surface area contributed by atoms with Crippen molar-refractivity contribution in [3.05, 3.63) is 17.0 Å². The first-order chi connectivity index (χ1) is 7.98. The smallest absolute Gasteiger partial charge is 0.162 e. The van der Waals surface area contributed by atoms with Crippen LogP contribution in [0.25, 0.3) is 0 Å². The van der Waals surface area contributed by atoms with E-state index in [1.165, 1.54) is 0 Å². The number of aromatic nitrogens is 1. The van der Waals surface area contributed by atoms with E-state index in [2.05, 4.69) is 10.5 Å². The molecule has 17 heavy (non-hydrogen) atoms. The third-order valence-corrected chi connectivity index (χ3v) is 3.01. The molecule has 1 N–H and O–H groups in total. The first-order valence-corrected chi connectivity index (χ1v) is 5.91. The average Bonchev–Trinajstić information content (AvgIpc) is 2.58. The maximum atomic E-state index is 5.58. The Kier molecular flexibility index (Phi) is 3.51. The maximum Gasteiger partial charge on any atom is 0.162 e. The van der Waals surface area contributed by atoms with E-state index in [1.807, 2.05) is 27.7 Å². The van der Waals surface area contributed by atoms with Gasteiger partial charge in [-0.05, 0) is 27.7 Å². The number of hydrogen-bond acceptors (Lipinski definition) is 5. The molecule has 0 atom stereocenters. The molecule has 5 heteroatoms. The van der Waals surface area contributed by atoms with Crippen molar-refractivity contribution in [2.24, 2.45) is 0 Å². The van der Waals surface area contributed by atoms with Gasteiger partial charge in [-0.15, -0.1) is 0 Å². The van der Waals surface area contributed by atoms with E-state index < -0.39 is 5.79 Å². The van der Waals surface area contributed by atoms with Gasteiger partial charge in [-0.3, -0.25) is 0 Å². The van der Waals surface area contributed by atoms with Crippen LogP contribution in [-0.4, -0.2) is 30.2 Å². The lowest BCUT2D eigenvalue weighted by molar-refractivity contribution is -0.253. The van der Waals surface area contributed by atoms with Crippen LogP contribution in [0.3, 0.4) is 0 Å². The molecule has 1 aliphatic heterocycles. The van der Waals surface area contributed by atoms with Gasteiger partial charge in [-0.2, -0.15) is 0 Å². The summed E-state index contributed by atoms with van der Waals surface area (Å²) in [6.45, 7) is 9.79. The fourth-order valence-corrected chi connectivity index (χ4v) is 1.81. The van der Waals surface area contributed by atoms with Gasteiger partial charge >= 0.3 is 0 Å². The van der Waals surface area contributed by atoms with E-state index in [-0.39, 0.29) is 6.04 Å². The maximum absolute atomic E-state index is 5.58. The molecule has 0 radical (unpaired) electrons. The zero-order chi connectivity index (χ0) is 12.5. The van der Waals surface area contributed by atoms with Crippen molar-refractivity contribution in [1.29, 1.82) is 0 Å². The van der Waals surface area contributed by atoms with E-state index in [9.17, 15) is 0 Å². The molecule has 0 bridgehead atoms. The summed E-state index contributed by atoms with van der Waals surface area (Å²) in [5.74, 6) is 0.411. The summed E-state index contributed by atoms with van der Waals surface area (Å²) in [6, 6.07) is 0.219. The zero-order valence-corrected chi connectivity index (χ0v) is 10.9. The van der Waals surface area contributed by atoms with Crippen molar-refractivity contribution < 1.29 is 14.0 Å².